The molecule has 6 heteroatoms. The summed E-state index contributed by atoms with van der Waals surface area (Å²) in [6.45, 7) is 2.08. The Morgan fingerprint density at radius 3 is 3.07 bits per heavy atom. The van der Waals surface area contributed by atoms with Crippen LogP contribution < -0.4 is 5.32 Å². The van der Waals surface area contributed by atoms with Gasteiger partial charge in [0.2, 0.25) is 0 Å². The fourth-order valence-corrected chi connectivity index (χ4v) is 2.62. The Balaban J connectivity index is 2.70. The summed E-state index contributed by atoms with van der Waals surface area (Å²) in [5.41, 5.74) is 1.68. The van der Waals surface area contributed by atoms with Gasteiger partial charge in [0.1, 0.15) is 5.00 Å². The summed E-state index contributed by atoms with van der Waals surface area (Å²) in [5, 5.41) is 12.7. The van der Waals surface area contributed by atoms with E-state index in [9.17, 15) is 4.79 Å². The summed E-state index contributed by atoms with van der Waals surface area (Å²) in [5.74, 6) is -0.00857. The standard InChI is InChI=1S/C9H14N2O2S2/c1-3-6(4-14-2)11-8-7(9(12)13)10-5-15-8/h5-6,11H,3-4H2,1-2H3,(H,12,13). The normalized spacial score (nSPS) is 12.4. The van der Waals surface area contributed by atoms with Crippen molar-refractivity contribution in [2.24, 2.45) is 0 Å². The maximum Gasteiger partial charge on any atom is 0.357 e. The number of nitrogens with one attached hydrogen (secondary N) is 1. The minimum absolute atomic E-state index is 0.125. The van der Waals surface area contributed by atoms with Crippen molar-refractivity contribution in [3.05, 3.63) is 11.2 Å². The molecule has 0 aliphatic rings. The predicted octanol–water partition coefficient (Wildman–Crippen LogP) is 2.39. The molecule has 4 nitrogen and oxygen atoms in total. The second kappa shape index (κ2) is 5.97. The summed E-state index contributed by atoms with van der Waals surface area (Å²) in [6.07, 6.45) is 3.01. The number of hydrogen-bond donors (Lipinski definition) is 2. The first-order valence-electron chi connectivity index (χ1n) is 4.61. The number of aromatic carboxylic acids is 1. The van der Waals surface area contributed by atoms with Gasteiger partial charge in [0.25, 0.3) is 0 Å². The summed E-state index contributed by atoms with van der Waals surface area (Å²) in [4.78, 5) is 14.6. The topological polar surface area (TPSA) is 62.2 Å². The van der Waals surface area contributed by atoms with Crippen molar-refractivity contribution in [1.29, 1.82) is 0 Å². The van der Waals surface area contributed by atoms with Crippen molar-refractivity contribution >= 4 is 34.1 Å². The molecule has 0 aliphatic carbocycles. The van der Waals surface area contributed by atoms with Gasteiger partial charge in [-0.2, -0.15) is 11.8 Å². The number of anilines is 1. The van der Waals surface area contributed by atoms with Gasteiger partial charge in [-0.05, 0) is 12.7 Å². The Morgan fingerprint density at radius 2 is 2.53 bits per heavy atom. The van der Waals surface area contributed by atoms with E-state index in [-0.39, 0.29) is 5.69 Å². The first-order valence-corrected chi connectivity index (χ1v) is 6.88. The van der Waals surface area contributed by atoms with E-state index in [1.807, 2.05) is 6.26 Å². The molecule has 1 aromatic rings. The zero-order chi connectivity index (χ0) is 11.3. The third-order valence-electron chi connectivity index (χ3n) is 1.97. The Labute approximate surface area is 97.1 Å². The molecule has 0 spiro atoms. The van der Waals surface area contributed by atoms with Gasteiger partial charge in [0, 0.05) is 11.8 Å². The number of carboxylic acids is 1. The summed E-state index contributed by atoms with van der Waals surface area (Å²) < 4.78 is 0. The molecule has 15 heavy (non-hydrogen) atoms. The van der Waals surface area contributed by atoms with Gasteiger partial charge >= 0.3 is 5.97 Å². The third kappa shape index (κ3) is 3.39. The van der Waals surface area contributed by atoms with Crippen LogP contribution in [0.2, 0.25) is 0 Å². The lowest BCUT2D eigenvalue weighted by Gasteiger charge is -2.15. The molecule has 0 radical (unpaired) electrons. The van der Waals surface area contributed by atoms with E-state index in [0.717, 1.165) is 12.2 Å². The highest BCUT2D eigenvalue weighted by Crippen LogP contribution is 2.22. The van der Waals surface area contributed by atoms with E-state index < -0.39 is 5.97 Å². The molecule has 1 atom stereocenters. The van der Waals surface area contributed by atoms with Crippen LogP contribution >= 0.6 is 23.1 Å². The van der Waals surface area contributed by atoms with E-state index in [1.165, 1.54) is 11.3 Å². The fraction of sp³-hybridized carbons (Fsp3) is 0.556. The van der Waals surface area contributed by atoms with Gasteiger partial charge in [0.15, 0.2) is 5.69 Å². The first-order chi connectivity index (χ1) is 7.19. The average molecular weight is 246 g/mol. The number of thiazole rings is 1. The van der Waals surface area contributed by atoms with Gasteiger partial charge < -0.3 is 10.4 Å². The van der Waals surface area contributed by atoms with Crippen LogP contribution in [0.15, 0.2) is 5.51 Å². The number of hydrogen-bond acceptors (Lipinski definition) is 5. The van der Waals surface area contributed by atoms with E-state index in [4.69, 9.17) is 5.11 Å². The van der Waals surface area contributed by atoms with Crippen LogP contribution in [-0.4, -0.2) is 34.1 Å². The molecular formula is C9H14N2O2S2. The third-order valence-corrected chi connectivity index (χ3v) is 3.46. The Morgan fingerprint density at radius 1 is 1.80 bits per heavy atom. The average Bonchev–Trinajstić information content (AvgIpc) is 2.65. The molecule has 0 bridgehead atoms. The second-order valence-electron chi connectivity index (χ2n) is 3.04. The van der Waals surface area contributed by atoms with E-state index >= 15 is 0 Å². The monoisotopic (exact) mass is 246 g/mol. The number of thioether (sulfide) groups is 1. The van der Waals surface area contributed by atoms with Gasteiger partial charge in [0.05, 0.1) is 5.51 Å². The highest BCUT2D eigenvalue weighted by Gasteiger charge is 2.15. The zero-order valence-corrected chi connectivity index (χ0v) is 10.3. The predicted molar refractivity (Wildman–Crippen MR) is 65.2 cm³/mol. The van der Waals surface area contributed by atoms with Crippen LogP contribution in [0.25, 0.3) is 0 Å². The molecule has 0 saturated carbocycles. The van der Waals surface area contributed by atoms with Crippen LogP contribution in [0.5, 0.6) is 0 Å². The van der Waals surface area contributed by atoms with E-state index in [0.29, 0.717) is 11.0 Å². The maximum absolute atomic E-state index is 10.8. The maximum atomic E-state index is 10.8. The van der Waals surface area contributed by atoms with Crippen LogP contribution in [0.3, 0.4) is 0 Å². The molecule has 1 rings (SSSR count). The van der Waals surface area contributed by atoms with Gasteiger partial charge in [-0.15, -0.1) is 11.3 Å². The molecule has 2 N–H and O–H groups in total. The van der Waals surface area contributed by atoms with Crippen molar-refractivity contribution in [2.75, 3.05) is 17.3 Å². The number of carbonyl (C=O) groups is 1. The lowest BCUT2D eigenvalue weighted by molar-refractivity contribution is 0.0692. The van der Waals surface area contributed by atoms with Gasteiger partial charge in [-0.3, -0.25) is 0 Å². The van der Waals surface area contributed by atoms with E-state index in [1.54, 1.807) is 17.3 Å². The van der Waals surface area contributed by atoms with Crippen molar-refractivity contribution in [2.45, 2.75) is 19.4 Å². The first kappa shape index (κ1) is 12.3. The number of nitrogens with zero attached hydrogens (tertiary/aromatic N) is 1. The molecule has 84 valence electrons. The lowest BCUT2D eigenvalue weighted by Crippen LogP contribution is -2.21. The van der Waals surface area contributed by atoms with Crippen LogP contribution in [0, 0.1) is 0 Å². The largest absolute Gasteiger partial charge is 0.476 e. The van der Waals surface area contributed by atoms with Crippen molar-refractivity contribution in [3.63, 3.8) is 0 Å². The lowest BCUT2D eigenvalue weighted by atomic mass is 10.2. The van der Waals surface area contributed by atoms with Crippen molar-refractivity contribution in [1.82, 2.24) is 4.98 Å². The van der Waals surface area contributed by atoms with Crippen molar-refractivity contribution in [3.8, 4) is 0 Å². The Hall–Kier alpha value is -0.750. The molecule has 1 heterocycles. The van der Waals surface area contributed by atoms with Gasteiger partial charge in [-0.25, -0.2) is 9.78 Å². The van der Waals surface area contributed by atoms with Gasteiger partial charge in [-0.1, -0.05) is 6.92 Å². The minimum Gasteiger partial charge on any atom is -0.476 e. The quantitative estimate of drug-likeness (QED) is 0.807. The Bertz CT molecular complexity index is 328. The fourth-order valence-electron chi connectivity index (χ4n) is 1.15. The summed E-state index contributed by atoms with van der Waals surface area (Å²) >= 11 is 3.08. The van der Waals surface area contributed by atoms with Crippen LogP contribution in [0.4, 0.5) is 5.00 Å². The molecule has 0 saturated heterocycles. The molecule has 0 amide bonds. The molecule has 0 aliphatic heterocycles. The smallest absolute Gasteiger partial charge is 0.357 e. The molecular weight excluding hydrogens is 232 g/mol. The molecule has 1 aromatic heterocycles. The number of aromatic nitrogens is 1. The van der Waals surface area contributed by atoms with Crippen molar-refractivity contribution < 1.29 is 9.90 Å². The molecule has 0 aromatic carbocycles. The Kier molecular flexibility index (Phi) is 4.90. The number of carboxylic acid groups (broad SMARTS) is 1. The number of rotatable bonds is 6. The summed E-state index contributed by atoms with van der Waals surface area (Å²) in [7, 11) is 0. The molecule has 1 unspecified atom stereocenters. The summed E-state index contributed by atoms with van der Waals surface area (Å²) in [6, 6.07) is 0.304. The van der Waals surface area contributed by atoms with E-state index in [2.05, 4.69) is 17.2 Å². The SMILES string of the molecule is CCC(CSC)Nc1scnc1C(=O)O. The minimum atomic E-state index is -0.974. The highest BCUT2D eigenvalue weighted by molar-refractivity contribution is 7.98. The molecule has 0 fully saturated rings. The zero-order valence-electron chi connectivity index (χ0n) is 8.69. The van der Waals surface area contributed by atoms with Crippen LogP contribution in [-0.2, 0) is 0 Å². The highest BCUT2D eigenvalue weighted by atomic mass is 32.2. The van der Waals surface area contributed by atoms with Crippen LogP contribution in [0.1, 0.15) is 23.8 Å². The second-order valence-corrected chi connectivity index (χ2v) is 4.81.